The second kappa shape index (κ2) is 18.7. The van der Waals surface area contributed by atoms with Crippen molar-refractivity contribution >= 4 is 35.6 Å². The molecule has 0 fully saturated rings. The Bertz CT molecular complexity index is 819. The van der Waals surface area contributed by atoms with Crippen LogP contribution >= 0.6 is 0 Å². The summed E-state index contributed by atoms with van der Waals surface area (Å²) in [5, 5.41) is 17.2. The number of carboxylic acid groups (broad SMARTS) is 1. The highest BCUT2D eigenvalue weighted by molar-refractivity contribution is 5.94. The maximum atomic E-state index is 13.2. The van der Waals surface area contributed by atoms with Crippen molar-refractivity contribution in [3.8, 4) is 0 Å². The Morgan fingerprint density at radius 3 is 1.97 bits per heavy atom. The first kappa shape index (κ1) is 34.5. The van der Waals surface area contributed by atoms with Gasteiger partial charge < -0.3 is 49.7 Å². The van der Waals surface area contributed by atoms with Gasteiger partial charge in [-0.05, 0) is 51.0 Å². The Morgan fingerprint density at radius 1 is 0.842 bits per heavy atom. The molecule has 15 heteroatoms. The quantitative estimate of drug-likeness (QED) is 0.0436. The minimum Gasteiger partial charge on any atom is -0.480 e. The third kappa shape index (κ3) is 14.3. The number of nitrogens with zero attached hydrogens (tertiary/aromatic N) is 1. The van der Waals surface area contributed by atoms with Crippen molar-refractivity contribution in [1.29, 1.82) is 0 Å². The van der Waals surface area contributed by atoms with Crippen molar-refractivity contribution in [1.82, 2.24) is 16.0 Å². The summed E-state index contributed by atoms with van der Waals surface area (Å²) < 4.78 is 0. The molecule has 0 aromatic rings. The minimum atomic E-state index is -1.21. The number of rotatable bonds is 20. The lowest BCUT2D eigenvalue weighted by Gasteiger charge is -2.28. The molecular weight excluding hydrogens is 498 g/mol. The molecule has 0 saturated carbocycles. The molecule has 0 aromatic heterocycles. The monoisotopic (exact) mass is 543 g/mol. The minimum absolute atomic E-state index is 0.00652. The topological polar surface area (TPSA) is 284 Å². The molecule has 38 heavy (non-hydrogen) atoms. The zero-order valence-corrected chi connectivity index (χ0v) is 22.3. The maximum Gasteiger partial charge on any atom is 0.326 e. The van der Waals surface area contributed by atoms with Gasteiger partial charge in [0.15, 0.2) is 5.96 Å². The van der Waals surface area contributed by atoms with E-state index in [1.165, 1.54) is 0 Å². The number of primary amides is 1. The number of aliphatic carboxylic acids is 1. The molecule has 5 atom stereocenters. The summed E-state index contributed by atoms with van der Waals surface area (Å²) in [4.78, 5) is 65.4. The number of guanidine groups is 1. The molecule has 15 nitrogen and oxygen atoms in total. The molecule has 5 unspecified atom stereocenters. The third-order valence-electron chi connectivity index (χ3n) is 5.97. The van der Waals surface area contributed by atoms with Crippen LogP contribution in [0.3, 0.4) is 0 Å². The fraction of sp³-hybridized carbons (Fsp3) is 0.739. The van der Waals surface area contributed by atoms with Gasteiger partial charge in [0, 0.05) is 13.0 Å². The molecule has 0 aliphatic rings. The van der Waals surface area contributed by atoms with Gasteiger partial charge in [-0.3, -0.25) is 24.2 Å². The molecule has 0 heterocycles. The van der Waals surface area contributed by atoms with Gasteiger partial charge in [0.25, 0.3) is 0 Å². The highest BCUT2D eigenvalue weighted by Crippen LogP contribution is 2.11. The number of carboxylic acids is 1. The number of amides is 4. The number of aliphatic imine (C=N–C) groups is 1. The molecule has 0 aliphatic heterocycles. The van der Waals surface area contributed by atoms with E-state index in [1.807, 2.05) is 6.92 Å². The average Bonchev–Trinajstić information content (AvgIpc) is 2.85. The molecule has 0 saturated heterocycles. The predicted octanol–water partition coefficient (Wildman–Crippen LogP) is -2.65. The number of nitrogens with two attached hydrogens (primary N) is 5. The Balaban J connectivity index is 5.64. The molecule has 0 radical (unpaired) electrons. The van der Waals surface area contributed by atoms with Crippen molar-refractivity contribution in [2.45, 2.75) is 89.4 Å². The van der Waals surface area contributed by atoms with Crippen LogP contribution in [0.4, 0.5) is 0 Å². The SMILES string of the molecule is CCC(C)C(NC(=O)C(N)CCC(N)=O)C(=O)NC(CCCN=C(N)N)C(=O)NC(CCCCN)C(=O)O. The van der Waals surface area contributed by atoms with Crippen LogP contribution in [0.1, 0.15) is 65.2 Å². The number of nitrogens with one attached hydrogen (secondary N) is 3. The van der Waals surface area contributed by atoms with E-state index >= 15 is 0 Å². The number of hydrogen-bond donors (Lipinski definition) is 9. The summed E-state index contributed by atoms with van der Waals surface area (Å²) in [6, 6.07) is -4.40. The van der Waals surface area contributed by atoms with E-state index in [4.69, 9.17) is 28.7 Å². The zero-order valence-electron chi connectivity index (χ0n) is 22.3. The summed E-state index contributed by atoms with van der Waals surface area (Å²) in [5.74, 6) is -4.28. The van der Waals surface area contributed by atoms with Crippen LogP contribution < -0.4 is 44.6 Å². The molecule has 14 N–H and O–H groups in total. The molecular formula is C23H45N9O6. The molecule has 4 amide bonds. The summed E-state index contributed by atoms with van der Waals surface area (Å²) >= 11 is 0. The number of carbonyl (C=O) groups excluding carboxylic acids is 4. The van der Waals surface area contributed by atoms with Gasteiger partial charge in [0.05, 0.1) is 6.04 Å². The van der Waals surface area contributed by atoms with Gasteiger partial charge in [0.2, 0.25) is 23.6 Å². The molecule has 0 bridgehead atoms. The first-order chi connectivity index (χ1) is 17.8. The highest BCUT2D eigenvalue weighted by Gasteiger charge is 2.32. The summed E-state index contributed by atoms with van der Waals surface area (Å²) in [5.41, 5.74) is 27.1. The zero-order chi connectivity index (χ0) is 29.3. The van der Waals surface area contributed by atoms with Gasteiger partial charge in [-0.15, -0.1) is 0 Å². The first-order valence-corrected chi connectivity index (χ1v) is 12.8. The van der Waals surface area contributed by atoms with E-state index in [0.29, 0.717) is 32.2 Å². The van der Waals surface area contributed by atoms with Gasteiger partial charge in [-0.2, -0.15) is 0 Å². The standard InChI is InChI=1S/C23H45N9O6/c1-3-13(2)18(32-19(34)14(25)9-10-17(26)33)21(36)30-15(8-6-12-29-23(27)28)20(35)31-16(22(37)38)7-4-5-11-24/h13-16,18H,3-12,24-25H2,1-2H3,(H2,26,33)(H,30,36)(H,31,35)(H,32,34)(H,37,38)(H4,27,28,29). The van der Waals surface area contributed by atoms with E-state index < -0.39 is 53.8 Å². The van der Waals surface area contributed by atoms with Gasteiger partial charge in [0.1, 0.15) is 18.1 Å². The smallest absolute Gasteiger partial charge is 0.326 e. The lowest BCUT2D eigenvalue weighted by molar-refractivity contribution is -0.142. The van der Waals surface area contributed by atoms with Gasteiger partial charge in [-0.25, -0.2) is 4.79 Å². The van der Waals surface area contributed by atoms with Gasteiger partial charge >= 0.3 is 5.97 Å². The maximum absolute atomic E-state index is 13.2. The van der Waals surface area contributed by atoms with Crippen LogP contribution in [-0.4, -0.2) is 77.9 Å². The summed E-state index contributed by atoms with van der Waals surface area (Å²) in [7, 11) is 0. The van der Waals surface area contributed by atoms with Crippen LogP contribution in [0.15, 0.2) is 4.99 Å². The Hall–Kier alpha value is -3.46. The predicted molar refractivity (Wildman–Crippen MR) is 142 cm³/mol. The van der Waals surface area contributed by atoms with E-state index in [9.17, 15) is 29.1 Å². The van der Waals surface area contributed by atoms with Crippen molar-refractivity contribution in [2.24, 2.45) is 39.6 Å². The normalized spacial score (nSPS) is 14.7. The van der Waals surface area contributed by atoms with Crippen LogP contribution in [-0.2, 0) is 24.0 Å². The fourth-order valence-electron chi connectivity index (χ4n) is 3.45. The summed E-state index contributed by atoms with van der Waals surface area (Å²) in [6.45, 7) is 4.13. The molecule has 0 aromatic carbocycles. The van der Waals surface area contributed by atoms with Crippen molar-refractivity contribution in [3.63, 3.8) is 0 Å². The summed E-state index contributed by atoms with van der Waals surface area (Å²) in [6.07, 6.45) is 2.08. The lowest BCUT2D eigenvalue weighted by atomic mass is 9.96. The molecule has 0 spiro atoms. The van der Waals surface area contributed by atoms with E-state index in [-0.39, 0.29) is 44.1 Å². The van der Waals surface area contributed by atoms with Crippen LogP contribution in [0, 0.1) is 5.92 Å². The Labute approximate surface area is 223 Å². The van der Waals surface area contributed by atoms with E-state index in [2.05, 4.69) is 20.9 Å². The molecule has 218 valence electrons. The first-order valence-electron chi connectivity index (χ1n) is 12.8. The lowest BCUT2D eigenvalue weighted by Crippen LogP contribution is -2.58. The second-order valence-corrected chi connectivity index (χ2v) is 9.18. The number of hydrogen-bond acceptors (Lipinski definition) is 8. The number of unbranched alkanes of at least 4 members (excludes halogenated alkanes) is 1. The van der Waals surface area contributed by atoms with Crippen LogP contribution in [0.5, 0.6) is 0 Å². The molecule has 0 aliphatic carbocycles. The highest BCUT2D eigenvalue weighted by atomic mass is 16.4. The average molecular weight is 544 g/mol. The molecule has 0 rings (SSSR count). The van der Waals surface area contributed by atoms with E-state index in [1.54, 1.807) is 6.92 Å². The fourth-order valence-corrected chi connectivity index (χ4v) is 3.45. The van der Waals surface area contributed by atoms with Crippen LogP contribution in [0.2, 0.25) is 0 Å². The van der Waals surface area contributed by atoms with Gasteiger partial charge in [-0.1, -0.05) is 20.3 Å². The Kier molecular flexibility index (Phi) is 17.0. The van der Waals surface area contributed by atoms with E-state index in [0.717, 1.165) is 0 Å². The third-order valence-corrected chi connectivity index (χ3v) is 5.97. The largest absolute Gasteiger partial charge is 0.480 e. The van der Waals surface area contributed by atoms with Crippen molar-refractivity contribution < 1.29 is 29.1 Å². The van der Waals surface area contributed by atoms with Crippen LogP contribution in [0.25, 0.3) is 0 Å². The van der Waals surface area contributed by atoms with Crippen molar-refractivity contribution in [2.75, 3.05) is 13.1 Å². The van der Waals surface area contributed by atoms with Crippen molar-refractivity contribution in [3.05, 3.63) is 0 Å². The second-order valence-electron chi connectivity index (χ2n) is 9.18. The Morgan fingerprint density at radius 2 is 1.45 bits per heavy atom. The number of carbonyl (C=O) groups is 5.